The quantitative estimate of drug-likeness (QED) is 0.893. The van der Waals surface area contributed by atoms with Gasteiger partial charge in [-0.25, -0.2) is 0 Å². The Labute approximate surface area is 123 Å². The third-order valence-corrected chi connectivity index (χ3v) is 5.55. The van der Waals surface area contributed by atoms with E-state index in [9.17, 15) is 0 Å². The molecule has 1 aromatic rings. The molecule has 2 atom stereocenters. The van der Waals surface area contributed by atoms with Gasteiger partial charge in [-0.2, -0.15) is 0 Å². The van der Waals surface area contributed by atoms with Crippen molar-refractivity contribution >= 4 is 15.9 Å². The molecule has 0 bridgehead atoms. The summed E-state index contributed by atoms with van der Waals surface area (Å²) in [5, 5.41) is 0. The standard InChI is InChI=1S/C16H22BrNO/c1-15(18,12-4-2-5-14(17)10-12)13-6-9-19-16(11-13)7-3-8-16/h2,4-5,10,13H,3,6-9,11,18H2,1H3. The molecule has 0 aromatic heterocycles. The van der Waals surface area contributed by atoms with Gasteiger partial charge in [0.15, 0.2) is 0 Å². The smallest absolute Gasteiger partial charge is 0.0686 e. The predicted octanol–water partition coefficient (Wildman–Crippen LogP) is 3.97. The van der Waals surface area contributed by atoms with Crippen LogP contribution in [0.25, 0.3) is 0 Å². The lowest BCUT2D eigenvalue weighted by Gasteiger charge is -2.50. The molecule has 1 heterocycles. The van der Waals surface area contributed by atoms with E-state index in [0.29, 0.717) is 5.92 Å². The highest BCUT2D eigenvalue weighted by Crippen LogP contribution is 2.48. The maximum absolute atomic E-state index is 6.71. The lowest BCUT2D eigenvalue weighted by Crippen LogP contribution is -2.52. The summed E-state index contributed by atoms with van der Waals surface area (Å²) in [5.74, 6) is 0.510. The van der Waals surface area contributed by atoms with Crippen LogP contribution in [0.3, 0.4) is 0 Å². The lowest BCUT2D eigenvalue weighted by atomic mass is 9.66. The van der Waals surface area contributed by atoms with E-state index in [4.69, 9.17) is 10.5 Å². The molecular formula is C16H22BrNO. The van der Waals surface area contributed by atoms with Crippen molar-refractivity contribution in [1.82, 2.24) is 0 Å². The summed E-state index contributed by atoms with van der Waals surface area (Å²) in [6, 6.07) is 8.43. The summed E-state index contributed by atoms with van der Waals surface area (Å²) in [6.45, 7) is 3.04. The Morgan fingerprint density at radius 3 is 2.84 bits per heavy atom. The largest absolute Gasteiger partial charge is 0.375 e. The van der Waals surface area contributed by atoms with Crippen molar-refractivity contribution in [1.29, 1.82) is 0 Å². The van der Waals surface area contributed by atoms with Crippen molar-refractivity contribution in [3.63, 3.8) is 0 Å². The molecule has 2 aliphatic rings. The zero-order valence-electron chi connectivity index (χ0n) is 11.5. The number of hydrogen-bond acceptors (Lipinski definition) is 2. The van der Waals surface area contributed by atoms with Gasteiger partial charge in [0, 0.05) is 16.6 Å². The molecule has 1 aliphatic carbocycles. The average Bonchev–Trinajstić information content (AvgIpc) is 2.37. The topological polar surface area (TPSA) is 35.2 Å². The Kier molecular flexibility index (Phi) is 3.48. The third kappa shape index (κ3) is 2.48. The summed E-state index contributed by atoms with van der Waals surface area (Å²) in [7, 11) is 0. The summed E-state index contributed by atoms with van der Waals surface area (Å²) in [4.78, 5) is 0. The molecule has 3 heteroatoms. The zero-order chi connectivity index (χ0) is 13.5. The molecule has 1 spiro atoms. The van der Waals surface area contributed by atoms with Gasteiger partial charge in [0.25, 0.3) is 0 Å². The van der Waals surface area contributed by atoms with Crippen molar-refractivity contribution in [3.8, 4) is 0 Å². The van der Waals surface area contributed by atoms with Crippen molar-refractivity contribution in [2.45, 2.75) is 50.2 Å². The van der Waals surface area contributed by atoms with Crippen LogP contribution in [0, 0.1) is 5.92 Å². The highest BCUT2D eigenvalue weighted by Gasteiger charge is 2.46. The van der Waals surface area contributed by atoms with Crippen molar-refractivity contribution in [3.05, 3.63) is 34.3 Å². The number of ether oxygens (including phenoxy) is 1. The number of hydrogen-bond donors (Lipinski definition) is 1. The van der Waals surface area contributed by atoms with Gasteiger partial charge >= 0.3 is 0 Å². The van der Waals surface area contributed by atoms with Gasteiger partial charge in [-0.1, -0.05) is 28.1 Å². The molecule has 104 valence electrons. The molecule has 1 aromatic carbocycles. The van der Waals surface area contributed by atoms with Crippen LogP contribution in [0.15, 0.2) is 28.7 Å². The molecule has 2 nitrogen and oxygen atoms in total. The lowest BCUT2D eigenvalue weighted by molar-refractivity contribution is -0.151. The molecule has 2 N–H and O–H groups in total. The molecule has 0 amide bonds. The SMILES string of the molecule is CC(N)(c1cccc(Br)c1)C1CCOC2(CCC2)C1. The number of nitrogens with two attached hydrogens (primary N) is 1. The van der Waals surface area contributed by atoms with E-state index in [1.807, 2.05) is 0 Å². The van der Waals surface area contributed by atoms with Crippen molar-refractivity contribution < 1.29 is 4.74 Å². The minimum absolute atomic E-state index is 0.162. The van der Waals surface area contributed by atoms with E-state index in [1.165, 1.54) is 24.8 Å². The Hall–Kier alpha value is -0.380. The Bertz CT molecular complexity index is 468. The fourth-order valence-corrected chi connectivity index (χ4v) is 3.92. The first-order valence-electron chi connectivity index (χ1n) is 7.21. The Morgan fingerprint density at radius 2 is 2.21 bits per heavy atom. The second-order valence-electron chi connectivity index (χ2n) is 6.37. The molecule has 2 unspecified atom stereocenters. The fourth-order valence-electron chi connectivity index (χ4n) is 3.52. The van der Waals surface area contributed by atoms with Crippen LogP contribution >= 0.6 is 15.9 Å². The fraction of sp³-hybridized carbons (Fsp3) is 0.625. The van der Waals surface area contributed by atoms with Crippen LogP contribution in [-0.4, -0.2) is 12.2 Å². The maximum atomic E-state index is 6.71. The average molecular weight is 324 g/mol. The summed E-state index contributed by atoms with van der Waals surface area (Å²) in [6.07, 6.45) is 5.94. The van der Waals surface area contributed by atoms with E-state index in [1.54, 1.807) is 0 Å². The molecule has 1 saturated carbocycles. The molecule has 19 heavy (non-hydrogen) atoms. The van der Waals surface area contributed by atoms with Crippen LogP contribution in [0.4, 0.5) is 0 Å². The molecule has 1 aliphatic heterocycles. The van der Waals surface area contributed by atoms with Gasteiger partial charge in [0.2, 0.25) is 0 Å². The normalized spacial score (nSPS) is 28.7. The van der Waals surface area contributed by atoms with Gasteiger partial charge in [-0.3, -0.25) is 0 Å². The second kappa shape index (κ2) is 4.87. The second-order valence-corrected chi connectivity index (χ2v) is 7.28. The first-order valence-corrected chi connectivity index (χ1v) is 8.00. The van der Waals surface area contributed by atoms with Crippen LogP contribution in [0.1, 0.15) is 44.6 Å². The van der Waals surface area contributed by atoms with Gasteiger partial charge in [-0.15, -0.1) is 0 Å². The van der Waals surface area contributed by atoms with E-state index >= 15 is 0 Å². The zero-order valence-corrected chi connectivity index (χ0v) is 13.1. The van der Waals surface area contributed by atoms with Crippen LogP contribution in [0.5, 0.6) is 0 Å². The monoisotopic (exact) mass is 323 g/mol. The van der Waals surface area contributed by atoms with E-state index in [0.717, 1.165) is 23.9 Å². The van der Waals surface area contributed by atoms with Gasteiger partial charge < -0.3 is 10.5 Å². The van der Waals surface area contributed by atoms with Crippen molar-refractivity contribution in [2.24, 2.45) is 11.7 Å². The highest BCUT2D eigenvalue weighted by atomic mass is 79.9. The summed E-state index contributed by atoms with van der Waals surface area (Å²) in [5.41, 5.74) is 7.82. The molecule has 3 rings (SSSR count). The molecule has 0 radical (unpaired) electrons. The minimum Gasteiger partial charge on any atom is -0.375 e. The van der Waals surface area contributed by atoms with Crippen molar-refractivity contribution in [2.75, 3.05) is 6.61 Å². The Morgan fingerprint density at radius 1 is 1.42 bits per heavy atom. The number of halogens is 1. The van der Waals surface area contributed by atoms with Gasteiger partial charge in [0.05, 0.1) is 5.60 Å². The summed E-state index contributed by atoms with van der Waals surface area (Å²) < 4.78 is 7.13. The maximum Gasteiger partial charge on any atom is 0.0686 e. The first kappa shape index (κ1) is 13.6. The van der Waals surface area contributed by atoms with E-state index in [2.05, 4.69) is 47.1 Å². The van der Waals surface area contributed by atoms with Crippen LogP contribution in [0.2, 0.25) is 0 Å². The van der Waals surface area contributed by atoms with E-state index < -0.39 is 0 Å². The first-order chi connectivity index (χ1) is 9.02. The molecular weight excluding hydrogens is 302 g/mol. The predicted molar refractivity (Wildman–Crippen MR) is 80.9 cm³/mol. The van der Waals surface area contributed by atoms with Crippen LogP contribution in [-0.2, 0) is 10.3 Å². The van der Waals surface area contributed by atoms with Gasteiger partial charge in [-0.05, 0) is 62.6 Å². The molecule has 2 fully saturated rings. The minimum atomic E-state index is -0.268. The summed E-state index contributed by atoms with van der Waals surface area (Å²) >= 11 is 3.55. The number of rotatable bonds is 2. The van der Waals surface area contributed by atoms with Crippen LogP contribution < -0.4 is 5.73 Å². The Balaban J connectivity index is 1.83. The highest BCUT2D eigenvalue weighted by molar-refractivity contribution is 9.10. The molecule has 1 saturated heterocycles. The van der Waals surface area contributed by atoms with Gasteiger partial charge in [0.1, 0.15) is 0 Å². The number of benzene rings is 1. The third-order valence-electron chi connectivity index (χ3n) is 5.05. The van der Waals surface area contributed by atoms with E-state index in [-0.39, 0.29) is 11.1 Å².